The molecule has 0 saturated carbocycles. The number of piperazine rings is 1. The first kappa shape index (κ1) is 19.5. The van der Waals surface area contributed by atoms with Crippen molar-refractivity contribution in [2.45, 2.75) is 20.8 Å². The van der Waals surface area contributed by atoms with Crippen LogP contribution in [0.1, 0.15) is 18.1 Å². The first-order chi connectivity index (χ1) is 14.0. The van der Waals surface area contributed by atoms with Crippen molar-refractivity contribution in [2.75, 3.05) is 43.0 Å². The van der Waals surface area contributed by atoms with Crippen molar-refractivity contribution < 1.29 is 9.53 Å². The lowest BCUT2D eigenvalue weighted by atomic mass is 10.1. The quantitative estimate of drug-likeness (QED) is 0.679. The van der Waals surface area contributed by atoms with Gasteiger partial charge in [0, 0.05) is 31.9 Å². The summed E-state index contributed by atoms with van der Waals surface area (Å²) in [6.45, 7) is 9.62. The molecule has 4 rings (SSSR count). The Kier molecular flexibility index (Phi) is 5.58. The van der Waals surface area contributed by atoms with Crippen molar-refractivity contribution >= 4 is 38.4 Å². The van der Waals surface area contributed by atoms with E-state index in [9.17, 15) is 4.79 Å². The third-order valence-electron chi connectivity index (χ3n) is 4.97. The Balaban J connectivity index is 1.38. The average Bonchev–Trinajstić information content (AvgIpc) is 3.11. The number of nitrogens with one attached hydrogen (secondary N) is 1. The summed E-state index contributed by atoms with van der Waals surface area (Å²) in [5, 5.41) is 4.03. The lowest BCUT2D eigenvalue weighted by Crippen LogP contribution is -2.50. The molecule has 1 aliphatic rings. The number of urea groups is 1. The summed E-state index contributed by atoms with van der Waals surface area (Å²) in [5.74, 6) is 0.878. The minimum atomic E-state index is -0.0414. The number of carbonyl (C=O) groups is 1. The molecule has 2 aromatic carbocycles. The molecule has 152 valence electrons. The van der Waals surface area contributed by atoms with Gasteiger partial charge in [0.25, 0.3) is 0 Å². The van der Waals surface area contributed by atoms with E-state index in [2.05, 4.69) is 16.3 Å². The van der Waals surface area contributed by atoms with Gasteiger partial charge in [-0.25, -0.2) is 9.78 Å². The van der Waals surface area contributed by atoms with E-state index in [0.717, 1.165) is 51.0 Å². The summed E-state index contributed by atoms with van der Waals surface area (Å²) in [5.41, 5.74) is 4.14. The second kappa shape index (κ2) is 8.29. The number of aryl methyl sites for hydroxylation is 2. The highest BCUT2D eigenvalue weighted by atomic mass is 32.1. The van der Waals surface area contributed by atoms with E-state index in [0.29, 0.717) is 19.7 Å². The zero-order valence-corrected chi connectivity index (χ0v) is 17.9. The maximum Gasteiger partial charge on any atom is 0.321 e. The van der Waals surface area contributed by atoms with Crippen molar-refractivity contribution in [3.8, 4) is 5.75 Å². The van der Waals surface area contributed by atoms with E-state index in [-0.39, 0.29) is 6.03 Å². The number of thiazole rings is 1. The molecule has 1 saturated heterocycles. The first-order valence-electron chi connectivity index (χ1n) is 9.94. The Morgan fingerprint density at radius 1 is 1.10 bits per heavy atom. The van der Waals surface area contributed by atoms with Gasteiger partial charge in [0.1, 0.15) is 5.75 Å². The molecule has 2 amide bonds. The number of aromatic nitrogens is 1. The van der Waals surface area contributed by atoms with Crippen LogP contribution in [0.2, 0.25) is 0 Å². The molecule has 7 heteroatoms. The average molecular weight is 411 g/mol. The van der Waals surface area contributed by atoms with Crippen molar-refractivity contribution in [1.82, 2.24) is 9.88 Å². The van der Waals surface area contributed by atoms with Crippen molar-refractivity contribution in [2.24, 2.45) is 0 Å². The van der Waals surface area contributed by atoms with Crippen molar-refractivity contribution in [1.29, 1.82) is 0 Å². The minimum Gasteiger partial charge on any atom is -0.494 e. The molecular weight excluding hydrogens is 384 g/mol. The number of carbonyl (C=O) groups excluding carboxylic acids is 1. The zero-order chi connectivity index (χ0) is 20.4. The topological polar surface area (TPSA) is 57.7 Å². The Labute approximate surface area is 175 Å². The van der Waals surface area contributed by atoms with Crippen LogP contribution < -0.4 is 15.0 Å². The van der Waals surface area contributed by atoms with E-state index in [4.69, 9.17) is 9.72 Å². The number of rotatable bonds is 4. The van der Waals surface area contributed by atoms with E-state index in [1.165, 1.54) is 0 Å². The molecule has 2 heterocycles. The summed E-state index contributed by atoms with van der Waals surface area (Å²) < 4.78 is 6.71. The van der Waals surface area contributed by atoms with Crippen LogP contribution in [0.3, 0.4) is 0 Å². The largest absolute Gasteiger partial charge is 0.494 e. The Morgan fingerprint density at radius 3 is 2.52 bits per heavy atom. The SMILES string of the molecule is CCOc1ccc2nc(N3CCN(C(=O)Nc4cc(C)cc(C)c4)CC3)sc2c1. The highest BCUT2D eigenvalue weighted by Gasteiger charge is 2.23. The molecule has 1 aliphatic heterocycles. The molecule has 0 radical (unpaired) electrons. The number of hydrogen-bond donors (Lipinski definition) is 1. The van der Waals surface area contributed by atoms with Gasteiger partial charge in [-0.15, -0.1) is 0 Å². The predicted molar refractivity (Wildman–Crippen MR) is 120 cm³/mol. The van der Waals surface area contributed by atoms with Gasteiger partial charge in [-0.2, -0.15) is 0 Å². The normalized spacial score (nSPS) is 14.3. The molecular formula is C22H26N4O2S. The summed E-state index contributed by atoms with van der Waals surface area (Å²) in [7, 11) is 0. The van der Waals surface area contributed by atoms with Gasteiger partial charge >= 0.3 is 6.03 Å². The third-order valence-corrected chi connectivity index (χ3v) is 6.05. The first-order valence-corrected chi connectivity index (χ1v) is 10.8. The second-order valence-electron chi connectivity index (χ2n) is 7.34. The molecule has 0 bridgehead atoms. The highest BCUT2D eigenvalue weighted by Crippen LogP contribution is 2.32. The van der Waals surface area contributed by atoms with Crippen LogP contribution in [0.5, 0.6) is 5.75 Å². The lowest BCUT2D eigenvalue weighted by molar-refractivity contribution is 0.208. The van der Waals surface area contributed by atoms with Crippen LogP contribution in [-0.2, 0) is 0 Å². The fourth-order valence-electron chi connectivity index (χ4n) is 3.63. The van der Waals surface area contributed by atoms with Crippen LogP contribution in [0.25, 0.3) is 10.2 Å². The Bertz CT molecular complexity index is 1000. The maximum atomic E-state index is 12.6. The molecule has 1 fully saturated rings. The van der Waals surface area contributed by atoms with E-state index < -0.39 is 0 Å². The summed E-state index contributed by atoms with van der Waals surface area (Å²) in [6, 6.07) is 12.1. The number of fused-ring (bicyclic) bond motifs is 1. The number of nitrogens with zero attached hydrogens (tertiary/aromatic N) is 3. The molecule has 29 heavy (non-hydrogen) atoms. The Morgan fingerprint density at radius 2 is 1.83 bits per heavy atom. The number of hydrogen-bond acceptors (Lipinski definition) is 5. The molecule has 6 nitrogen and oxygen atoms in total. The van der Waals surface area contributed by atoms with Crippen molar-refractivity contribution in [3.05, 3.63) is 47.5 Å². The lowest BCUT2D eigenvalue weighted by Gasteiger charge is -2.34. The smallest absolute Gasteiger partial charge is 0.321 e. The number of anilines is 2. The van der Waals surface area contributed by atoms with Crippen LogP contribution in [0.15, 0.2) is 36.4 Å². The van der Waals surface area contributed by atoms with Gasteiger partial charge in [-0.3, -0.25) is 0 Å². The molecule has 0 aliphatic carbocycles. The van der Waals surface area contributed by atoms with Gasteiger partial charge in [-0.05, 0) is 62.2 Å². The maximum absolute atomic E-state index is 12.6. The zero-order valence-electron chi connectivity index (χ0n) is 17.1. The molecule has 0 unspecified atom stereocenters. The standard InChI is InChI=1S/C22H26N4O2S/c1-4-28-18-5-6-19-20(14-18)29-22(24-19)26-9-7-25(8-10-26)21(27)23-17-12-15(2)11-16(3)13-17/h5-6,11-14H,4,7-10H2,1-3H3,(H,23,27). The summed E-state index contributed by atoms with van der Waals surface area (Å²) in [4.78, 5) is 21.5. The van der Waals surface area contributed by atoms with Crippen LogP contribution >= 0.6 is 11.3 Å². The monoisotopic (exact) mass is 410 g/mol. The van der Waals surface area contributed by atoms with Crippen LogP contribution in [0, 0.1) is 13.8 Å². The summed E-state index contributed by atoms with van der Waals surface area (Å²) in [6.07, 6.45) is 0. The van der Waals surface area contributed by atoms with Crippen molar-refractivity contribution in [3.63, 3.8) is 0 Å². The molecule has 1 N–H and O–H groups in total. The van der Waals surface area contributed by atoms with Gasteiger partial charge in [0.05, 0.1) is 16.8 Å². The minimum absolute atomic E-state index is 0.0414. The van der Waals surface area contributed by atoms with Gasteiger partial charge in [0.15, 0.2) is 5.13 Å². The van der Waals surface area contributed by atoms with Crippen LogP contribution in [-0.4, -0.2) is 48.7 Å². The molecule has 3 aromatic rings. The third kappa shape index (κ3) is 4.45. The van der Waals surface area contributed by atoms with Gasteiger partial charge < -0.3 is 19.9 Å². The van der Waals surface area contributed by atoms with Crippen LogP contribution in [0.4, 0.5) is 15.6 Å². The molecule has 0 atom stereocenters. The second-order valence-corrected chi connectivity index (χ2v) is 8.35. The van der Waals surface area contributed by atoms with Gasteiger partial charge in [0.2, 0.25) is 0 Å². The highest BCUT2D eigenvalue weighted by molar-refractivity contribution is 7.22. The summed E-state index contributed by atoms with van der Waals surface area (Å²) >= 11 is 1.68. The molecule has 0 spiro atoms. The van der Waals surface area contributed by atoms with Gasteiger partial charge in [-0.1, -0.05) is 17.4 Å². The number of ether oxygens (including phenoxy) is 1. The predicted octanol–water partition coefficient (Wildman–Crippen LogP) is 4.67. The van der Waals surface area contributed by atoms with E-state index in [1.807, 2.05) is 56.0 Å². The van der Waals surface area contributed by atoms with E-state index in [1.54, 1.807) is 11.3 Å². The fourth-order valence-corrected chi connectivity index (χ4v) is 4.68. The fraction of sp³-hybridized carbons (Fsp3) is 0.364. The molecule has 1 aromatic heterocycles. The number of benzene rings is 2. The number of amides is 2. The Hall–Kier alpha value is -2.80. The van der Waals surface area contributed by atoms with E-state index >= 15 is 0 Å².